The van der Waals surface area contributed by atoms with Crippen molar-refractivity contribution >= 4 is 38.9 Å². The molecule has 1 N–H and O–H groups in total. The van der Waals surface area contributed by atoms with Gasteiger partial charge in [-0.05, 0) is 69.3 Å². The fourth-order valence-electron chi connectivity index (χ4n) is 3.15. The van der Waals surface area contributed by atoms with E-state index >= 15 is 0 Å². The largest absolute Gasteiger partial charge is 0.439 e. The van der Waals surface area contributed by atoms with Gasteiger partial charge >= 0.3 is 0 Å². The summed E-state index contributed by atoms with van der Waals surface area (Å²) in [5.74, 6) is 1.92. The van der Waals surface area contributed by atoms with E-state index in [1.807, 2.05) is 19.9 Å². The molecule has 33 heavy (non-hydrogen) atoms. The standard InChI is InChI=1S/C22H19Cl2N5O3S/c1-13-10-14(2)29(27-13)21-12-22(26-15(3)25-21)32-18-7-5-17(6-8-18)28-33(30,31)20-11-16(23)4-9-19(20)24/h4-12,28H,1-3H3. The van der Waals surface area contributed by atoms with E-state index in [2.05, 4.69) is 19.8 Å². The first kappa shape index (κ1) is 23.0. The van der Waals surface area contributed by atoms with Crippen LogP contribution in [0.2, 0.25) is 10.0 Å². The van der Waals surface area contributed by atoms with Gasteiger partial charge in [0, 0.05) is 22.5 Å². The molecule has 0 spiro atoms. The third-order valence-electron chi connectivity index (χ3n) is 4.54. The van der Waals surface area contributed by atoms with E-state index < -0.39 is 10.0 Å². The fraction of sp³-hybridized carbons (Fsp3) is 0.136. The van der Waals surface area contributed by atoms with E-state index in [1.54, 1.807) is 41.9 Å². The second-order valence-corrected chi connectivity index (χ2v) is 9.75. The van der Waals surface area contributed by atoms with Crippen molar-refractivity contribution in [2.45, 2.75) is 25.7 Å². The zero-order chi connectivity index (χ0) is 23.8. The minimum atomic E-state index is -3.92. The van der Waals surface area contributed by atoms with E-state index in [1.165, 1.54) is 18.2 Å². The quantitative estimate of drug-likeness (QED) is 0.373. The van der Waals surface area contributed by atoms with Crippen molar-refractivity contribution in [3.05, 3.63) is 81.9 Å². The highest BCUT2D eigenvalue weighted by Crippen LogP contribution is 2.28. The van der Waals surface area contributed by atoms with Gasteiger partial charge in [0.05, 0.1) is 10.7 Å². The molecule has 170 valence electrons. The molecule has 0 saturated carbocycles. The SMILES string of the molecule is Cc1cc(C)n(-c2cc(Oc3ccc(NS(=O)(=O)c4cc(Cl)ccc4Cl)cc3)nc(C)n2)n1. The Balaban J connectivity index is 1.54. The number of anilines is 1. The Kier molecular flexibility index (Phi) is 6.29. The Labute approximate surface area is 201 Å². The second-order valence-electron chi connectivity index (χ2n) is 7.26. The number of hydrogen-bond donors (Lipinski definition) is 1. The Morgan fingerprint density at radius 3 is 2.33 bits per heavy atom. The molecule has 0 radical (unpaired) electrons. The smallest absolute Gasteiger partial charge is 0.263 e. The van der Waals surface area contributed by atoms with Crippen LogP contribution in [0.25, 0.3) is 5.82 Å². The predicted octanol–water partition coefficient (Wildman–Crippen LogP) is 5.49. The van der Waals surface area contributed by atoms with Crippen LogP contribution in [0.4, 0.5) is 5.69 Å². The van der Waals surface area contributed by atoms with Gasteiger partial charge in [-0.1, -0.05) is 23.2 Å². The molecule has 4 aromatic rings. The number of nitrogens with zero attached hydrogens (tertiary/aromatic N) is 4. The summed E-state index contributed by atoms with van der Waals surface area (Å²) in [6.45, 7) is 5.61. The first-order chi connectivity index (χ1) is 15.6. The van der Waals surface area contributed by atoms with Gasteiger partial charge in [-0.2, -0.15) is 10.1 Å². The van der Waals surface area contributed by atoms with Crippen LogP contribution in [0.15, 0.2) is 59.5 Å². The first-order valence-corrected chi connectivity index (χ1v) is 12.0. The highest BCUT2D eigenvalue weighted by molar-refractivity contribution is 7.92. The summed E-state index contributed by atoms with van der Waals surface area (Å²) in [7, 11) is -3.92. The van der Waals surface area contributed by atoms with E-state index in [0.717, 1.165) is 11.4 Å². The van der Waals surface area contributed by atoms with Crippen LogP contribution in [-0.4, -0.2) is 28.2 Å². The number of rotatable bonds is 6. The number of ether oxygens (including phenoxy) is 1. The summed E-state index contributed by atoms with van der Waals surface area (Å²) >= 11 is 11.9. The molecule has 2 aromatic heterocycles. The van der Waals surface area contributed by atoms with Crippen LogP contribution in [0.1, 0.15) is 17.2 Å². The molecule has 0 aliphatic carbocycles. The average molecular weight is 504 g/mol. The van der Waals surface area contributed by atoms with Crippen molar-refractivity contribution in [1.82, 2.24) is 19.7 Å². The Morgan fingerprint density at radius 1 is 0.939 bits per heavy atom. The van der Waals surface area contributed by atoms with Gasteiger partial charge in [0.15, 0.2) is 5.82 Å². The maximum atomic E-state index is 12.7. The lowest BCUT2D eigenvalue weighted by Gasteiger charge is -2.11. The van der Waals surface area contributed by atoms with Crippen molar-refractivity contribution in [3.8, 4) is 17.4 Å². The van der Waals surface area contributed by atoms with Crippen LogP contribution in [0, 0.1) is 20.8 Å². The number of aryl methyl sites for hydroxylation is 3. The van der Waals surface area contributed by atoms with Gasteiger partial charge in [0.1, 0.15) is 16.5 Å². The zero-order valence-corrected chi connectivity index (χ0v) is 20.2. The Morgan fingerprint density at radius 2 is 1.67 bits per heavy atom. The lowest BCUT2D eigenvalue weighted by Crippen LogP contribution is -2.13. The van der Waals surface area contributed by atoms with Crippen LogP contribution in [0.3, 0.4) is 0 Å². The summed E-state index contributed by atoms with van der Waals surface area (Å²) in [4.78, 5) is 8.64. The maximum Gasteiger partial charge on any atom is 0.263 e. The lowest BCUT2D eigenvalue weighted by atomic mass is 10.3. The first-order valence-electron chi connectivity index (χ1n) is 9.76. The minimum absolute atomic E-state index is 0.0735. The number of sulfonamides is 1. The summed E-state index contributed by atoms with van der Waals surface area (Å²) in [6, 6.07) is 14.3. The summed E-state index contributed by atoms with van der Waals surface area (Å²) < 4.78 is 35.4. The molecular formula is C22H19Cl2N5O3S. The van der Waals surface area contributed by atoms with E-state index in [4.69, 9.17) is 27.9 Å². The van der Waals surface area contributed by atoms with Crippen molar-refractivity contribution in [2.24, 2.45) is 0 Å². The van der Waals surface area contributed by atoms with Crippen LogP contribution in [0.5, 0.6) is 11.6 Å². The van der Waals surface area contributed by atoms with Crippen LogP contribution < -0.4 is 9.46 Å². The molecule has 11 heteroatoms. The van der Waals surface area contributed by atoms with Crippen molar-refractivity contribution in [1.29, 1.82) is 0 Å². The van der Waals surface area contributed by atoms with Crippen LogP contribution in [-0.2, 0) is 10.0 Å². The van der Waals surface area contributed by atoms with Gasteiger partial charge in [-0.3, -0.25) is 4.72 Å². The van der Waals surface area contributed by atoms with E-state index in [-0.39, 0.29) is 14.9 Å². The summed E-state index contributed by atoms with van der Waals surface area (Å²) in [6.07, 6.45) is 0. The lowest BCUT2D eigenvalue weighted by molar-refractivity contribution is 0.459. The number of halogens is 2. The fourth-order valence-corrected chi connectivity index (χ4v) is 4.97. The molecule has 0 bridgehead atoms. The molecule has 2 aromatic carbocycles. The van der Waals surface area contributed by atoms with Gasteiger partial charge < -0.3 is 4.74 Å². The second kappa shape index (κ2) is 9.01. The monoisotopic (exact) mass is 503 g/mol. The molecule has 0 amide bonds. The number of hydrogen-bond acceptors (Lipinski definition) is 6. The molecule has 0 aliphatic heterocycles. The zero-order valence-electron chi connectivity index (χ0n) is 17.9. The number of aromatic nitrogens is 4. The van der Waals surface area contributed by atoms with E-state index in [9.17, 15) is 8.42 Å². The number of benzene rings is 2. The average Bonchev–Trinajstić information content (AvgIpc) is 3.08. The van der Waals surface area contributed by atoms with Gasteiger partial charge in [0.2, 0.25) is 5.88 Å². The third kappa shape index (κ3) is 5.27. The minimum Gasteiger partial charge on any atom is -0.439 e. The molecular weight excluding hydrogens is 485 g/mol. The normalized spacial score (nSPS) is 11.4. The number of nitrogens with one attached hydrogen (secondary N) is 1. The molecule has 0 atom stereocenters. The van der Waals surface area contributed by atoms with Crippen molar-refractivity contribution < 1.29 is 13.2 Å². The maximum absolute atomic E-state index is 12.7. The molecule has 0 unspecified atom stereocenters. The molecule has 0 aliphatic rings. The highest BCUT2D eigenvalue weighted by atomic mass is 35.5. The predicted molar refractivity (Wildman–Crippen MR) is 127 cm³/mol. The Hall–Kier alpha value is -3.14. The molecule has 8 nitrogen and oxygen atoms in total. The third-order valence-corrected chi connectivity index (χ3v) is 6.64. The molecule has 2 heterocycles. The van der Waals surface area contributed by atoms with Gasteiger partial charge in [0.25, 0.3) is 10.0 Å². The molecule has 4 rings (SSSR count). The van der Waals surface area contributed by atoms with Gasteiger partial charge in [-0.15, -0.1) is 0 Å². The topological polar surface area (TPSA) is 99.0 Å². The summed E-state index contributed by atoms with van der Waals surface area (Å²) in [5, 5.41) is 4.78. The van der Waals surface area contributed by atoms with Crippen molar-refractivity contribution in [2.75, 3.05) is 4.72 Å². The Bertz CT molecular complexity index is 1440. The molecule has 0 fully saturated rings. The van der Waals surface area contributed by atoms with Crippen molar-refractivity contribution in [3.63, 3.8) is 0 Å². The van der Waals surface area contributed by atoms with Crippen LogP contribution >= 0.6 is 23.2 Å². The van der Waals surface area contributed by atoms with E-state index in [0.29, 0.717) is 29.0 Å². The summed E-state index contributed by atoms with van der Waals surface area (Å²) in [5.41, 5.74) is 2.15. The highest BCUT2D eigenvalue weighted by Gasteiger charge is 2.19. The van der Waals surface area contributed by atoms with Gasteiger partial charge in [-0.25, -0.2) is 18.1 Å². The molecule has 0 saturated heterocycles.